The minimum Gasteiger partial charge on any atom is -0.491 e. The Labute approximate surface area is 154 Å². The van der Waals surface area contributed by atoms with Crippen LogP contribution in [0.3, 0.4) is 0 Å². The molecule has 26 heavy (non-hydrogen) atoms. The Morgan fingerprint density at radius 2 is 1.92 bits per heavy atom. The average molecular weight is 368 g/mol. The van der Waals surface area contributed by atoms with Crippen LogP contribution in [-0.2, 0) is 4.79 Å². The Hall–Kier alpha value is -2.35. The van der Waals surface area contributed by atoms with Gasteiger partial charge in [0.2, 0.25) is 5.91 Å². The molecule has 7 nitrogen and oxygen atoms in total. The molecule has 1 rings (SSSR count). The summed E-state index contributed by atoms with van der Waals surface area (Å²) in [7, 11) is 0. The van der Waals surface area contributed by atoms with Crippen molar-refractivity contribution in [1.82, 2.24) is 16.0 Å². The van der Waals surface area contributed by atoms with Gasteiger partial charge in [0.25, 0.3) is 0 Å². The van der Waals surface area contributed by atoms with Crippen LogP contribution in [0, 0.1) is 5.82 Å². The highest BCUT2D eigenvalue weighted by atomic mass is 19.1. The van der Waals surface area contributed by atoms with E-state index in [0.717, 1.165) is 0 Å². The van der Waals surface area contributed by atoms with Gasteiger partial charge in [-0.2, -0.15) is 0 Å². The Morgan fingerprint density at radius 1 is 1.27 bits per heavy atom. The molecule has 0 aliphatic heterocycles. The van der Waals surface area contributed by atoms with Crippen LogP contribution in [0.15, 0.2) is 29.3 Å². The third-order valence-corrected chi connectivity index (χ3v) is 3.00. The topological polar surface area (TPSA) is 95.0 Å². The first-order valence-electron chi connectivity index (χ1n) is 8.59. The fraction of sp³-hybridized carbons (Fsp3) is 0.556. The Kier molecular flexibility index (Phi) is 8.84. The molecule has 0 bridgehead atoms. The number of nitrogens with zero attached hydrogens (tertiary/aromatic N) is 1. The maximum atomic E-state index is 12.8. The van der Waals surface area contributed by atoms with Crippen LogP contribution >= 0.6 is 0 Å². The van der Waals surface area contributed by atoms with E-state index < -0.39 is 6.10 Å². The number of nitrogens with one attached hydrogen (secondary N) is 3. The molecule has 1 aromatic rings. The maximum Gasteiger partial charge on any atom is 0.242 e. The lowest BCUT2D eigenvalue weighted by molar-refractivity contribution is -0.121. The third-order valence-electron chi connectivity index (χ3n) is 3.00. The number of rotatable bonds is 8. The predicted octanol–water partition coefficient (Wildman–Crippen LogP) is 1.04. The number of hydrogen-bond acceptors (Lipinski definition) is 4. The first kappa shape index (κ1) is 21.7. The number of aliphatic imine (C=N–C) groups is 1. The summed E-state index contributed by atoms with van der Waals surface area (Å²) in [5, 5.41) is 18.8. The summed E-state index contributed by atoms with van der Waals surface area (Å²) >= 11 is 0. The number of aliphatic hydroxyl groups excluding tert-OH is 1. The van der Waals surface area contributed by atoms with Gasteiger partial charge < -0.3 is 25.8 Å². The SMILES string of the molecule is CCNC(=NCC(=O)NC(C)(C)C)NCC(O)COc1ccc(F)cc1. The van der Waals surface area contributed by atoms with Gasteiger partial charge >= 0.3 is 0 Å². The molecule has 0 saturated heterocycles. The van der Waals surface area contributed by atoms with Gasteiger partial charge in [0.1, 0.15) is 30.8 Å². The van der Waals surface area contributed by atoms with Gasteiger partial charge in [-0.05, 0) is 52.0 Å². The van der Waals surface area contributed by atoms with E-state index in [2.05, 4.69) is 20.9 Å². The molecule has 0 fully saturated rings. The molecule has 1 unspecified atom stereocenters. The van der Waals surface area contributed by atoms with Crippen molar-refractivity contribution in [1.29, 1.82) is 0 Å². The van der Waals surface area contributed by atoms with E-state index in [4.69, 9.17) is 4.74 Å². The molecule has 1 atom stereocenters. The predicted molar refractivity (Wildman–Crippen MR) is 99.8 cm³/mol. The normalized spacial score (nSPS) is 13.1. The quantitative estimate of drug-likeness (QED) is 0.406. The number of amides is 1. The fourth-order valence-corrected chi connectivity index (χ4v) is 1.95. The van der Waals surface area contributed by atoms with E-state index in [9.17, 15) is 14.3 Å². The van der Waals surface area contributed by atoms with Crippen molar-refractivity contribution >= 4 is 11.9 Å². The third kappa shape index (κ3) is 9.83. The van der Waals surface area contributed by atoms with Gasteiger partial charge in [-0.1, -0.05) is 0 Å². The second-order valence-electron chi connectivity index (χ2n) is 6.79. The highest BCUT2D eigenvalue weighted by molar-refractivity contribution is 5.85. The van der Waals surface area contributed by atoms with Crippen LogP contribution in [0.25, 0.3) is 0 Å². The Bertz CT molecular complexity index is 585. The first-order valence-corrected chi connectivity index (χ1v) is 8.59. The fourth-order valence-electron chi connectivity index (χ4n) is 1.95. The molecule has 0 aliphatic carbocycles. The van der Waals surface area contributed by atoms with E-state index in [0.29, 0.717) is 18.3 Å². The number of carbonyl (C=O) groups is 1. The van der Waals surface area contributed by atoms with Gasteiger partial charge in [-0.3, -0.25) is 4.79 Å². The molecule has 4 N–H and O–H groups in total. The van der Waals surface area contributed by atoms with E-state index in [-0.39, 0.29) is 37.0 Å². The van der Waals surface area contributed by atoms with Crippen LogP contribution in [0.4, 0.5) is 4.39 Å². The molecule has 146 valence electrons. The highest BCUT2D eigenvalue weighted by Gasteiger charge is 2.13. The summed E-state index contributed by atoms with van der Waals surface area (Å²) in [4.78, 5) is 16.0. The summed E-state index contributed by atoms with van der Waals surface area (Å²) in [5.41, 5.74) is -0.313. The van der Waals surface area contributed by atoms with Crippen LogP contribution in [-0.4, -0.2) is 54.9 Å². The zero-order chi connectivity index (χ0) is 19.6. The molecular weight excluding hydrogens is 339 g/mol. The van der Waals surface area contributed by atoms with Crippen LogP contribution in [0.5, 0.6) is 5.75 Å². The largest absolute Gasteiger partial charge is 0.491 e. The van der Waals surface area contributed by atoms with Crippen molar-refractivity contribution in [3.8, 4) is 5.75 Å². The van der Waals surface area contributed by atoms with Crippen LogP contribution < -0.4 is 20.7 Å². The number of ether oxygens (including phenoxy) is 1. The zero-order valence-electron chi connectivity index (χ0n) is 15.8. The second kappa shape index (κ2) is 10.6. The molecule has 0 aliphatic rings. The number of carbonyl (C=O) groups excluding carboxylic acids is 1. The van der Waals surface area contributed by atoms with Crippen molar-refractivity contribution in [3.63, 3.8) is 0 Å². The molecule has 0 spiro atoms. The van der Waals surface area contributed by atoms with Crippen molar-refractivity contribution in [2.75, 3.05) is 26.2 Å². The minimum absolute atomic E-state index is 0.0191. The summed E-state index contributed by atoms with van der Waals surface area (Å²) < 4.78 is 18.2. The number of benzene rings is 1. The number of aliphatic hydroxyl groups is 1. The lowest BCUT2D eigenvalue weighted by atomic mass is 10.1. The molecular formula is C18H29FN4O3. The standard InChI is InChI=1S/C18H29FN4O3/c1-5-20-17(22-11-16(25)23-18(2,3)4)21-10-14(24)12-26-15-8-6-13(19)7-9-15/h6-9,14,24H,5,10-12H2,1-4H3,(H,23,25)(H2,20,21,22). The van der Waals surface area contributed by atoms with E-state index in [1.807, 2.05) is 27.7 Å². The lowest BCUT2D eigenvalue weighted by Crippen LogP contribution is -2.44. The number of hydrogen-bond donors (Lipinski definition) is 4. The molecule has 8 heteroatoms. The van der Waals surface area contributed by atoms with Gasteiger partial charge in [0.15, 0.2) is 5.96 Å². The van der Waals surface area contributed by atoms with Crippen molar-refractivity contribution in [2.24, 2.45) is 4.99 Å². The van der Waals surface area contributed by atoms with Crippen molar-refractivity contribution < 1.29 is 19.0 Å². The molecule has 0 saturated carbocycles. The zero-order valence-corrected chi connectivity index (χ0v) is 15.8. The Balaban J connectivity index is 2.42. The smallest absolute Gasteiger partial charge is 0.242 e. The highest BCUT2D eigenvalue weighted by Crippen LogP contribution is 2.11. The van der Waals surface area contributed by atoms with Gasteiger partial charge in [0, 0.05) is 18.6 Å². The van der Waals surface area contributed by atoms with Crippen LogP contribution in [0.2, 0.25) is 0 Å². The Morgan fingerprint density at radius 3 is 2.50 bits per heavy atom. The number of guanidine groups is 1. The molecule has 1 amide bonds. The van der Waals surface area contributed by atoms with Crippen molar-refractivity contribution in [2.45, 2.75) is 39.3 Å². The maximum absolute atomic E-state index is 12.8. The molecule has 0 aromatic heterocycles. The van der Waals surface area contributed by atoms with Gasteiger partial charge in [0.05, 0.1) is 0 Å². The summed E-state index contributed by atoms with van der Waals surface area (Å²) in [5.74, 6) is 0.374. The second-order valence-corrected chi connectivity index (χ2v) is 6.79. The van der Waals surface area contributed by atoms with Crippen LogP contribution in [0.1, 0.15) is 27.7 Å². The van der Waals surface area contributed by atoms with E-state index in [1.165, 1.54) is 24.3 Å². The summed E-state index contributed by atoms with van der Waals surface area (Å²) in [6.45, 7) is 8.43. The monoisotopic (exact) mass is 368 g/mol. The minimum atomic E-state index is -0.799. The lowest BCUT2D eigenvalue weighted by Gasteiger charge is -2.20. The molecule has 0 heterocycles. The van der Waals surface area contributed by atoms with E-state index >= 15 is 0 Å². The summed E-state index contributed by atoms with van der Waals surface area (Å²) in [6.07, 6.45) is -0.799. The van der Waals surface area contributed by atoms with Gasteiger partial charge in [-0.25, -0.2) is 9.38 Å². The van der Waals surface area contributed by atoms with Gasteiger partial charge in [-0.15, -0.1) is 0 Å². The average Bonchev–Trinajstić information content (AvgIpc) is 2.55. The first-order chi connectivity index (χ1) is 12.2. The van der Waals surface area contributed by atoms with Crippen molar-refractivity contribution in [3.05, 3.63) is 30.1 Å². The molecule has 1 aromatic carbocycles. The molecule has 0 radical (unpaired) electrons. The number of halogens is 1. The summed E-state index contributed by atoms with van der Waals surface area (Å²) in [6, 6.07) is 5.57. The van der Waals surface area contributed by atoms with E-state index in [1.54, 1.807) is 0 Å².